The molecule has 2 heterocycles. The van der Waals surface area contributed by atoms with Gasteiger partial charge in [0.15, 0.2) is 5.96 Å². The number of rotatable bonds is 7. The number of nitrogens with one attached hydrogen (secondary N) is 2. The van der Waals surface area contributed by atoms with E-state index in [1.54, 1.807) is 12.3 Å². The van der Waals surface area contributed by atoms with Crippen LogP contribution in [0.25, 0.3) is 0 Å². The quantitative estimate of drug-likeness (QED) is 0.292. The summed E-state index contributed by atoms with van der Waals surface area (Å²) in [5.41, 5.74) is 0. The summed E-state index contributed by atoms with van der Waals surface area (Å²) in [5, 5.41) is 6.63. The normalized spacial score (nSPS) is 17.3. The molecular weight excluding hydrogens is 419 g/mol. The molecule has 2 rings (SSSR count). The molecule has 1 aromatic rings. The standard InChI is InChI=1S/C17H26N4O2.HI/c1-3-9-18-17(19-10-7-15-6-5-12-23-15)20-14-8-11-21(13-14)16(22)4-2;/h3,5-6,12,14H,1,4,7-11,13H2,2H3,(H2,18,19,20);1H. The minimum Gasteiger partial charge on any atom is -0.469 e. The van der Waals surface area contributed by atoms with Gasteiger partial charge < -0.3 is 20.0 Å². The van der Waals surface area contributed by atoms with Gasteiger partial charge in [-0.3, -0.25) is 9.79 Å². The van der Waals surface area contributed by atoms with Gasteiger partial charge in [-0.05, 0) is 18.6 Å². The highest BCUT2D eigenvalue weighted by atomic mass is 127. The van der Waals surface area contributed by atoms with Crippen molar-refractivity contribution < 1.29 is 9.21 Å². The summed E-state index contributed by atoms with van der Waals surface area (Å²) in [5.74, 6) is 1.90. The Morgan fingerprint density at radius 2 is 2.42 bits per heavy atom. The highest BCUT2D eigenvalue weighted by Gasteiger charge is 2.25. The lowest BCUT2D eigenvalue weighted by molar-refractivity contribution is -0.129. The number of guanidine groups is 1. The lowest BCUT2D eigenvalue weighted by Gasteiger charge is -2.18. The Kier molecular flexibility index (Phi) is 9.51. The van der Waals surface area contributed by atoms with Gasteiger partial charge in [0.2, 0.25) is 5.91 Å². The van der Waals surface area contributed by atoms with Crippen LogP contribution >= 0.6 is 24.0 Å². The Labute approximate surface area is 160 Å². The number of halogens is 1. The van der Waals surface area contributed by atoms with Crippen LogP contribution in [-0.4, -0.2) is 49.0 Å². The molecule has 2 N–H and O–H groups in total. The van der Waals surface area contributed by atoms with Crippen LogP contribution in [0.4, 0.5) is 0 Å². The summed E-state index contributed by atoms with van der Waals surface area (Å²) in [6, 6.07) is 4.07. The molecule has 1 fully saturated rings. The Morgan fingerprint density at radius 1 is 1.58 bits per heavy atom. The number of likely N-dealkylation sites (tertiary alicyclic amines) is 1. The Morgan fingerprint density at radius 3 is 3.08 bits per heavy atom. The van der Waals surface area contributed by atoms with Gasteiger partial charge in [0.1, 0.15) is 5.76 Å². The molecule has 1 aliphatic heterocycles. The topological polar surface area (TPSA) is 69.9 Å². The van der Waals surface area contributed by atoms with Crippen LogP contribution in [0.5, 0.6) is 0 Å². The third kappa shape index (κ3) is 6.54. The van der Waals surface area contributed by atoms with Crippen LogP contribution in [0.15, 0.2) is 40.5 Å². The van der Waals surface area contributed by atoms with Crippen LogP contribution in [-0.2, 0) is 11.2 Å². The molecule has 24 heavy (non-hydrogen) atoms. The van der Waals surface area contributed by atoms with E-state index in [0.29, 0.717) is 19.5 Å². The maximum absolute atomic E-state index is 11.7. The van der Waals surface area contributed by atoms with Gasteiger partial charge >= 0.3 is 0 Å². The molecule has 1 atom stereocenters. The summed E-state index contributed by atoms with van der Waals surface area (Å²) in [6.07, 6.45) is 5.74. The maximum Gasteiger partial charge on any atom is 0.222 e. The van der Waals surface area contributed by atoms with Crippen molar-refractivity contribution >= 4 is 35.8 Å². The van der Waals surface area contributed by atoms with Gasteiger partial charge in [-0.15, -0.1) is 30.6 Å². The Balaban J connectivity index is 0.00000288. The van der Waals surface area contributed by atoms with Crippen molar-refractivity contribution in [1.29, 1.82) is 0 Å². The average molecular weight is 446 g/mol. The van der Waals surface area contributed by atoms with E-state index in [2.05, 4.69) is 22.2 Å². The number of nitrogens with zero attached hydrogens (tertiary/aromatic N) is 2. The average Bonchev–Trinajstić information content (AvgIpc) is 3.23. The van der Waals surface area contributed by atoms with Gasteiger partial charge in [0.05, 0.1) is 6.26 Å². The summed E-state index contributed by atoms with van der Waals surface area (Å²) in [4.78, 5) is 18.2. The summed E-state index contributed by atoms with van der Waals surface area (Å²) in [6.45, 7) is 8.46. The fourth-order valence-corrected chi connectivity index (χ4v) is 2.58. The van der Waals surface area contributed by atoms with Gasteiger partial charge in [0.25, 0.3) is 0 Å². The van der Waals surface area contributed by atoms with E-state index in [1.165, 1.54) is 0 Å². The number of aliphatic imine (C=N–C) groups is 1. The number of amides is 1. The number of carbonyl (C=O) groups is 1. The zero-order valence-corrected chi connectivity index (χ0v) is 16.5. The van der Waals surface area contributed by atoms with E-state index in [4.69, 9.17) is 4.42 Å². The first kappa shape index (κ1) is 20.5. The fraction of sp³-hybridized carbons (Fsp3) is 0.529. The molecule has 1 unspecified atom stereocenters. The molecule has 6 nitrogen and oxygen atoms in total. The minimum absolute atomic E-state index is 0. The van der Waals surface area contributed by atoms with E-state index in [1.807, 2.05) is 24.0 Å². The van der Waals surface area contributed by atoms with Crippen LogP contribution in [0.1, 0.15) is 25.5 Å². The van der Waals surface area contributed by atoms with Crippen LogP contribution < -0.4 is 10.6 Å². The van der Waals surface area contributed by atoms with E-state index >= 15 is 0 Å². The van der Waals surface area contributed by atoms with E-state index in [0.717, 1.165) is 37.7 Å². The highest BCUT2D eigenvalue weighted by molar-refractivity contribution is 14.0. The third-order valence-electron chi connectivity index (χ3n) is 3.81. The summed E-state index contributed by atoms with van der Waals surface area (Å²) in [7, 11) is 0. The predicted octanol–water partition coefficient (Wildman–Crippen LogP) is 2.17. The van der Waals surface area contributed by atoms with Crippen molar-refractivity contribution in [2.75, 3.05) is 26.2 Å². The summed E-state index contributed by atoms with van der Waals surface area (Å²) >= 11 is 0. The highest BCUT2D eigenvalue weighted by Crippen LogP contribution is 2.10. The number of hydrogen-bond acceptors (Lipinski definition) is 3. The molecule has 1 aromatic heterocycles. The van der Waals surface area contributed by atoms with Gasteiger partial charge in [-0.25, -0.2) is 0 Å². The molecule has 0 saturated carbocycles. The maximum atomic E-state index is 11.7. The molecular formula is C17H27IN4O2. The van der Waals surface area contributed by atoms with E-state index < -0.39 is 0 Å². The Bertz CT molecular complexity index is 531. The van der Waals surface area contributed by atoms with Crippen molar-refractivity contribution in [3.63, 3.8) is 0 Å². The predicted molar refractivity (Wildman–Crippen MR) is 107 cm³/mol. The molecule has 0 aliphatic carbocycles. The lowest BCUT2D eigenvalue weighted by atomic mass is 10.3. The first-order valence-corrected chi connectivity index (χ1v) is 8.18. The van der Waals surface area contributed by atoms with Crippen molar-refractivity contribution in [2.24, 2.45) is 4.99 Å². The largest absolute Gasteiger partial charge is 0.469 e. The van der Waals surface area contributed by atoms with Crippen molar-refractivity contribution in [1.82, 2.24) is 15.5 Å². The zero-order chi connectivity index (χ0) is 16.5. The Hall–Kier alpha value is -1.51. The molecule has 1 saturated heterocycles. The number of furan rings is 1. The second kappa shape index (κ2) is 11.1. The summed E-state index contributed by atoms with van der Waals surface area (Å²) < 4.78 is 5.31. The molecule has 1 amide bonds. The van der Waals surface area contributed by atoms with Gasteiger partial charge in [0, 0.05) is 45.1 Å². The van der Waals surface area contributed by atoms with Crippen LogP contribution in [0.3, 0.4) is 0 Å². The van der Waals surface area contributed by atoms with Gasteiger partial charge in [-0.2, -0.15) is 0 Å². The smallest absolute Gasteiger partial charge is 0.222 e. The minimum atomic E-state index is 0. The first-order chi connectivity index (χ1) is 11.2. The zero-order valence-electron chi connectivity index (χ0n) is 14.2. The monoisotopic (exact) mass is 446 g/mol. The lowest BCUT2D eigenvalue weighted by Crippen LogP contribution is -2.45. The molecule has 134 valence electrons. The van der Waals surface area contributed by atoms with Crippen LogP contribution in [0.2, 0.25) is 0 Å². The number of hydrogen-bond donors (Lipinski definition) is 2. The molecule has 0 bridgehead atoms. The van der Waals surface area contributed by atoms with Crippen molar-refractivity contribution in [3.05, 3.63) is 36.8 Å². The third-order valence-corrected chi connectivity index (χ3v) is 3.81. The molecule has 0 radical (unpaired) electrons. The van der Waals surface area contributed by atoms with Crippen LogP contribution in [0, 0.1) is 0 Å². The molecule has 0 spiro atoms. The molecule has 0 aromatic carbocycles. The van der Waals surface area contributed by atoms with E-state index in [9.17, 15) is 4.79 Å². The van der Waals surface area contributed by atoms with Crippen molar-refractivity contribution in [3.8, 4) is 0 Å². The first-order valence-electron chi connectivity index (χ1n) is 8.18. The fourth-order valence-electron chi connectivity index (χ4n) is 2.58. The SMILES string of the molecule is C=CCNC(=NCCc1ccco1)NC1CCN(C(=O)CC)C1.I. The second-order valence-electron chi connectivity index (χ2n) is 5.55. The molecule has 7 heteroatoms. The second-order valence-corrected chi connectivity index (χ2v) is 5.55. The molecule has 1 aliphatic rings. The van der Waals surface area contributed by atoms with E-state index in [-0.39, 0.29) is 35.9 Å². The van der Waals surface area contributed by atoms with Gasteiger partial charge in [-0.1, -0.05) is 13.0 Å². The van der Waals surface area contributed by atoms with Crippen molar-refractivity contribution in [2.45, 2.75) is 32.2 Å². The number of carbonyl (C=O) groups excluding carboxylic acids is 1.